The number of aromatic nitrogens is 1. The number of nitrogens with one attached hydrogen (secondary N) is 2. The summed E-state index contributed by atoms with van der Waals surface area (Å²) in [5, 5.41) is 6.33. The van der Waals surface area contributed by atoms with Crippen molar-refractivity contribution in [2.45, 2.75) is 39.2 Å². The van der Waals surface area contributed by atoms with Crippen molar-refractivity contribution < 1.29 is 4.79 Å². The Bertz CT molecular complexity index is 458. The Hall–Kier alpha value is -1.23. The molecular formula is C15H23N3OS. The van der Waals surface area contributed by atoms with Crippen molar-refractivity contribution >= 4 is 23.5 Å². The number of nitrogens with zero attached hydrogens (tertiary/aromatic N) is 1. The summed E-state index contributed by atoms with van der Waals surface area (Å²) in [5.74, 6) is 3.05. The number of hydrogen-bond acceptors (Lipinski definition) is 4. The van der Waals surface area contributed by atoms with Gasteiger partial charge in [-0.15, -0.1) is 0 Å². The van der Waals surface area contributed by atoms with Gasteiger partial charge in [0.15, 0.2) is 0 Å². The highest BCUT2D eigenvalue weighted by Gasteiger charge is 2.17. The molecule has 2 heterocycles. The second kappa shape index (κ2) is 7.53. The minimum atomic E-state index is 0.0220. The van der Waals surface area contributed by atoms with Crippen molar-refractivity contribution in [3.8, 4) is 0 Å². The molecule has 110 valence electrons. The molecule has 1 aliphatic heterocycles. The van der Waals surface area contributed by atoms with E-state index in [1.165, 1.54) is 12.2 Å². The molecule has 1 atom stereocenters. The molecule has 20 heavy (non-hydrogen) atoms. The zero-order valence-electron chi connectivity index (χ0n) is 12.2. The molecule has 1 saturated heterocycles. The highest BCUT2D eigenvalue weighted by Crippen LogP contribution is 2.18. The lowest BCUT2D eigenvalue weighted by Crippen LogP contribution is -2.38. The normalized spacial score (nSPS) is 18.6. The third-order valence-corrected chi connectivity index (χ3v) is 4.57. The topological polar surface area (TPSA) is 54.0 Å². The van der Waals surface area contributed by atoms with Crippen LogP contribution < -0.4 is 10.6 Å². The van der Waals surface area contributed by atoms with Crippen molar-refractivity contribution in [1.29, 1.82) is 0 Å². The van der Waals surface area contributed by atoms with Crippen LogP contribution in [0.2, 0.25) is 0 Å². The van der Waals surface area contributed by atoms with E-state index in [9.17, 15) is 4.79 Å². The first kappa shape index (κ1) is 15.2. The molecule has 1 unspecified atom stereocenters. The van der Waals surface area contributed by atoms with Crippen LogP contribution in [0.5, 0.6) is 0 Å². The predicted molar refractivity (Wildman–Crippen MR) is 85.6 cm³/mol. The van der Waals surface area contributed by atoms with Crippen LogP contribution in [0.4, 0.5) is 5.82 Å². The third kappa shape index (κ3) is 4.13. The molecule has 0 saturated carbocycles. The van der Waals surface area contributed by atoms with Crippen molar-refractivity contribution in [2.75, 3.05) is 23.4 Å². The van der Waals surface area contributed by atoms with Gasteiger partial charge in [-0.25, -0.2) is 4.98 Å². The number of amides is 1. The molecule has 0 bridgehead atoms. The molecule has 5 heteroatoms. The molecular weight excluding hydrogens is 270 g/mol. The van der Waals surface area contributed by atoms with Gasteiger partial charge in [-0.2, -0.15) is 11.8 Å². The number of aryl methyl sites for hydroxylation is 1. The summed E-state index contributed by atoms with van der Waals surface area (Å²) in [7, 11) is 0. The van der Waals surface area contributed by atoms with Crippen molar-refractivity contribution in [3.63, 3.8) is 0 Å². The Labute approximate surface area is 125 Å². The van der Waals surface area contributed by atoms with Crippen LogP contribution >= 0.6 is 11.8 Å². The Morgan fingerprint density at radius 1 is 1.45 bits per heavy atom. The van der Waals surface area contributed by atoms with Gasteiger partial charge in [0.05, 0.1) is 0 Å². The van der Waals surface area contributed by atoms with Crippen LogP contribution in [0.1, 0.15) is 42.7 Å². The molecule has 0 aliphatic carbocycles. The van der Waals surface area contributed by atoms with Gasteiger partial charge in [-0.1, -0.05) is 6.92 Å². The Kier molecular flexibility index (Phi) is 5.71. The molecule has 2 N–H and O–H groups in total. The molecule has 1 aromatic heterocycles. The lowest BCUT2D eigenvalue weighted by Gasteiger charge is -2.22. The number of thioether (sulfide) groups is 1. The average molecular weight is 293 g/mol. The van der Waals surface area contributed by atoms with Gasteiger partial charge >= 0.3 is 0 Å². The summed E-state index contributed by atoms with van der Waals surface area (Å²) >= 11 is 1.92. The summed E-state index contributed by atoms with van der Waals surface area (Å²) in [6, 6.07) is 4.04. The largest absolute Gasteiger partial charge is 0.370 e. The van der Waals surface area contributed by atoms with E-state index in [4.69, 9.17) is 0 Å². The molecule has 0 aromatic carbocycles. The van der Waals surface area contributed by atoms with Crippen LogP contribution in [-0.4, -0.2) is 35.0 Å². The number of pyridine rings is 1. The van der Waals surface area contributed by atoms with Gasteiger partial charge < -0.3 is 10.6 Å². The zero-order valence-corrected chi connectivity index (χ0v) is 13.1. The van der Waals surface area contributed by atoms with Crippen LogP contribution in [0.25, 0.3) is 0 Å². The number of carbonyl (C=O) groups excluding carboxylic acids is 1. The fourth-order valence-corrected chi connectivity index (χ4v) is 3.37. The van der Waals surface area contributed by atoms with Crippen LogP contribution in [0.15, 0.2) is 12.1 Å². The van der Waals surface area contributed by atoms with Gasteiger partial charge in [0.2, 0.25) is 0 Å². The highest BCUT2D eigenvalue weighted by molar-refractivity contribution is 7.99. The Balaban J connectivity index is 2.09. The molecule has 1 fully saturated rings. The van der Waals surface area contributed by atoms with Gasteiger partial charge in [0.1, 0.15) is 5.82 Å². The van der Waals surface area contributed by atoms with Crippen molar-refractivity contribution in [1.82, 2.24) is 10.3 Å². The quantitative estimate of drug-likeness (QED) is 0.876. The van der Waals surface area contributed by atoms with E-state index in [1.54, 1.807) is 0 Å². The SMILES string of the molecule is CCNc1cc(C(=O)NC2CCCSC2)cc(CC)n1. The number of rotatable bonds is 5. The molecule has 0 spiro atoms. The molecule has 1 aromatic rings. The Morgan fingerprint density at radius 3 is 2.95 bits per heavy atom. The van der Waals surface area contributed by atoms with Gasteiger partial charge in [0.25, 0.3) is 5.91 Å². The van der Waals surface area contributed by atoms with Crippen molar-refractivity contribution in [3.05, 3.63) is 23.4 Å². The maximum atomic E-state index is 12.4. The summed E-state index contributed by atoms with van der Waals surface area (Å²) in [5.41, 5.74) is 1.66. The van der Waals surface area contributed by atoms with E-state index >= 15 is 0 Å². The minimum Gasteiger partial charge on any atom is -0.370 e. The van der Waals surface area contributed by atoms with E-state index in [0.29, 0.717) is 11.6 Å². The smallest absolute Gasteiger partial charge is 0.251 e. The summed E-state index contributed by atoms with van der Waals surface area (Å²) in [6.45, 7) is 4.89. The van der Waals surface area contributed by atoms with E-state index in [1.807, 2.05) is 30.8 Å². The first-order valence-corrected chi connectivity index (χ1v) is 8.51. The summed E-state index contributed by atoms with van der Waals surface area (Å²) in [6.07, 6.45) is 3.11. The standard InChI is InChI=1S/C15H23N3OS/c1-3-12-8-11(9-14(17-12)16-4-2)15(19)18-13-6-5-7-20-10-13/h8-9,13H,3-7,10H2,1-2H3,(H,16,17)(H,18,19). The maximum absolute atomic E-state index is 12.4. The van der Waals surface area contributed by atoms with Crippen LogP contribution in [-0.2, 0) is 6.42 Å². The Morgan fingerprint density at radius 2 is 2.30 bits per heavy atom. The first-order valence-electron chi connectivity index (χ1n) is 7.36. The molecule has 0 radical (unpaired) electrons. The van der Waals surface area contributed by atoms with E-state index in [0.717, 1.165) is 36.7 Å². The summed E-state index contributed by atoms with van der Waals surface area (Å²) in [4.78, 5) is 16.8. The minimum absolute atomic E-state index is 0.0220. The van der Waals surface area contributed by atoms with Gasteiger partial charge in [0, 0.05) is 29.6 Å². The van der Waals surface area contributed by atoms with Gasteiger partial charge in [-0.05, 0) is 44.1 Å². The van der Waals surface area contributed by atoms with E-state index in [-0.39, 0.29) is 5.91 Å². The maximum Gasteiger partial charge on any atom is 0.251 e. The zero-order chi connectivity index (χ0) is 14.4. The highest BCUT2D eigenvalue weighted by atomic mass is 32.2. The molecule has 1 amide bonds. The molecule has 1 aliphatic rings. The van der Waals surface area contributed by atoms with E-state index in [2.05, 4.69) is 22.5 Å². The average Bonchev–Trinajstić information content (AvgIpc) is 2.48. The van der Waals surface area contributed by atoms with Crippen molar-refractivity contribution in [2.24, 2.45) is 0 Å². The van der Waals surface area contributed by atoms with Gasteiger partial charge in [-0.3, -0.25) is 4.79 Å². The summed E-state index contributed by atoms with van der Waals surface area (Å²) < 4.78 is 0. The second-order valence-corrected chi connectivity index (χ2v) is 6.15. The first-order chi connectivity index (χ1) is 9.72. The lowest BCUT2D eigenvalue weighted by molar-refractivity contribution is 0.0938. The number of carbonyl (C=O) groups is 1. The lowest BCUT2D eigenvalue weighted by atomic mass is 10.1. The number of hydrogen-bond donors (Lipinski definition) is 2. The second-order valence-electron chi connectivity index (χ2n) is 5.00. The fraction of sp³-hybridized carbons (Fsp3) is 0.600. The van der Waals surface area contributed by atoms with Crippen LogP contribution in [0.3, 0.4) is 0 Å². The molecule has 2 rings (SSSR count). The van der Waals surface area contributed by atoms with E-state index < -0.39 is 0 Å². The predicted octanol–water partition coefficient (Wildman–Crippen LogP) is 2.70. The number of anilines is 1. The molecule has 4 nitrogen and oxygen atoms in total. The third-order valence-electron chi connectivity index (χ3n) is 3.36. The van der Waals surface area contributed by atoms with Crippen LogP contribution in [0, 0.1) is 0 Å². The monoisotopic (exact) mass is 293 g/mol. The fourth-order valence-electron chi connectivity index (χ4n) is 2.29.